The number of rotatable bonds is 11. The van der Waals surface area contributed by atoms with Crippen LogP contribution in [0.2, 0.25) is 0 Å². The summed E-state index contributed by atoms with van der Waals surface area (Å²) in [5.41, 5.74) is 2.84. The Morgan fingerprint density at radius 1 is 0.878 bits per heavy atom. The van der Waals surface area contributed by atoms with E-state index >= 15 is 0 Å². The van der Waals surface area contributed by atoms with Crippen molar-refractivity contribution in [3.8, 4) is 17.2 Å². The van der Waals surface area contributed by atoms with Gasteiger partial charge >= 0.3 is 5.97 Å². The first-order valence-corrected chi connectivity index (χ1v) is 14.4. The number of methoxy groups -OCH3 is 3. The fourth-order valence-corrected chi connectivity index (χ4v) is 6.18. The van der Waals surface area contributed by atoms with Gasteiger partial charge in [0.25, 0.3) is 5.91 Å². The number of amides is 1. The van der Waals surface area contributed by atoms with E-state index in [0.717, 1.165) is 51.9 Å². The fraction of sp³-hybridized carbons (Fsp3) is 0.375. The van der Waals surface area contributed by atoms with E-state index in [2.05, 4.69) is 14.1 Å². The Hall–Kier alpha value is -3.69. The van der Waals surface area contributed by atoms with Gasteiger partial charge in [0.2, 0.25) is 0 Å². The summed E-state index contributed by atoms with van der Waals surface area (Å²) in [5.74, 6) is 1.53. The number of anilines is 1. The maximum Gasteiger partial charge on any atom is 0.303 e. The normalized spacial score (nSPS) is 16.9. The molecule has 0 bridgehead atoms. The van der Waals surface area contributed by atoms with Gasteiger partial charge in [-0.2, -0.15) is 0 Å². The molecule has 1 heterocycles. The van der Waals surface area contributed by atoms with Crippen LogP contribution in [0, 0.1) is 0 Å². The lowest BCUT2D eigenvalue weighted by molar-refractivity contribution is -0.888. The Bertz CT molecular complexity index is 1340. The van der Waals surface area contributed by atoms with Crippen LogP contribution in [-0.4, -0.2) is 77.5 Å². The van der Waals surface area contributed by atoms with Gasteiger partial charge in [-0.1, -0.05) is 24.3 Å². The van der Waals surface area contributed by atoms with Crippen molar-refractivity contribution < 1.29 is 33.0 Å². The highest BCUT2D eigenvalue weighted by Gasteiger charge is 2.41. The third-order valence-corrected chi connectivity index (χ3v) is 8.65. The summed E-state index contributed by atoms with van der Waals surface area (Å²) in [4.78, 5) is 29.1. The molecular formula is C32H39N2O6S+. The van der Waals surface area contributed by atoms with Crippen LogP contribution in [0.5, 0.6) is 17.2 Å². The van der Waals surface area contributed by atoms with Gasteiger partial charge in [0.1, 0.15) is 17.2 Å². The molecule has 0 aromatic heterocycles. The van der Waals surface area contributed by atoms with Gasteiger partial charge in [0, 0.05) is 24.3 Å². The maximum absolute atomic E-state index is 14.2. The second kappa shape index (κ2) is 13.3. The number of ether oxygens (including phenoxy) is 4. The number of likely N-dealkylation sites (N-methyl/N-ethyl adjacent to an activating group) is 1. The minimum Gasteiger partial charge on any atom is -0.497 e. The molecule has 4 rings (SSSR count). The van der Waals surface area contributed by atoms with E-state index in [0.29, 0.717) is 17.6 Å². The third-order valence-electron chi connectivity index (χ3n) is 7.28. The Morgan fingerprint density at radius 3 is 2.12 bits per heavy atom. The molecule has 3 aromatic rings. The Balaban J connectivity index is 1.57. The van der Waals surface area contributed by atoms with Crippen LogP contribution >= 0.6 is 11.8 Å². The highest BCUT2D eigenvalue weighted by atomic mass is 32.2. The first-order chi connectivity index (χ1) is 19.6. The van der Waals surface area contributed by atoms with Crippen molar-refractivity contribution in [3.05, 3.63) is 77.9 Å². The number of thioether (sulfide) groups is 1. The zero-order valence-electron chi connectivity index (χ0n) is 24.6. The molecule has 0 aliphatic carbocycles. The zero-order chi connectivity index (χ0) is 29.6. The van der Waals surface area contributed by atoms with E-state index < -0.39 is 17.3 Å². The standard InChI is InChI=1S/C32H39N2O6S/c1-22(35)40-30-31(24-11-13-25(37-4)14-12-24)41-29-10-8-7-9-28(29)33(32(30)36)16-18-34(2,3)17-15-23-19-26(38-5)21-27(20-23)39-6/h7-14,19-21,30-31H,15-18H2,1-6H3/q+1/t30-,31+/m1/s1. The molecule has 0 fully saturated rings. The molecule has 1 aliphatic heterocycles. The molecule has 218 valence electrons. The van der Waals surface area contributed by atoms with Crippen molar-refractivity contribution in [2.24, 2.45) is 0 Å². The lowest BCUT2D eigenvalue weighted by Crippen LogP contribution is -2.50. The second-order valence-electron chi connectivity index (χ2n) is 10.7. The Kier molecular flexibility index (Phi) is 9.83. The molecule has 8 nitrogen and oxygen atoms in total. The molecule has 0 saturated carbocycles. The molecule has 0 spiro atoms. The number of nitrogens with zero attached hydrogens (tertiary/aromatic N) is 2. The van der Waals surface area contributed by atoms with Crippen LogP contribution in [0.1, 0.15) is 23.3 Å². The number of fused-ring (bicyclic) bond motifs is 1. The number of quaternary nitrogens is 1. The van der Waals surface area contributed by atoms with Crippen LogP contribution in [0.3, 0.4) is 0 Å². The molecular weight excluding hydrogens is 540 g/mol. The van der Waals surface area contributed by atoms with E-state index in [1.807, 2.05) is 66.7 Å². The van der Waals surface area contributed by atoms with Crippen LogP contribution in [0.15, 0.2) is 71.6 Å². The number of carbonyl (C=O) groups is 2. The van der Waals surface area contributed by atoms with Crippen molar-refractivity contribution in [1.29, 1.82) is 0 Å². The summed E-state index contributed by atoms with van der Waals surface area (Å²) in [6.07, 6.45) is -0.158. The van der Waals surface area contributed by atoms with Gasteiger partial charge in [0.05, 0.1) is 66.0 Å². The molecule has 0 unspecified atom stereocenters. The molecule has 0 radical (unpaired) electrons. The lowest BCUT2D eigenvalue weighted by atomic mass is 10.1. The second-order valence-corrected chi connectivity index (χ2v) is 11.8. The van der Waals surface area contributed by atoms with Crippen LogP contribution < -0.4 is 19.1 Å². The Labute approximate surface area is 246 Å². The quantitative estimate of drug-likeness (QED) is 0.230. The van der Waals surface area contributed by atoms with E-state index in [9.17, 15) is 9.59 Å². The van der Waals surface area contributed by atoms with Crippen molar-refractivity contribution in [2.75, 3.05) is 60.0 Å². The van der Waals surface area contributed by atoms with Crippen LogP contribution in [0.4, 0.5) is 5.69 Å². The first-order valence-electron chi connectivity index (χ1n) is 13.6. The highest BCUT2D eigenvalue weighted by molar-refractivity contribution is 7.99. The fourth-order valence-electron chi connectivity index (χ4n) is 4.86. The summed E-state index contributed by atoms with van der Waals surface area (Å²) in [6, 6.07) is 21.4. The molecule has 2 atom stereocenters. The highest BCUT2D eigenvalue weighted by Crippen LogP contribution is 2.47. The van der Waals surface area contributed by atoms with Gasteiger partial charge in [-0.3, -0.25) is 9.59 Å². The molecule has 9 heteroatoms. The van der Waals surface area contributed by atoms with Crippen molar-refractivity contribution in [1.82, 2.24) is 0 Å². The third kappa shape index (κ3) is 7.54. The van der Waals surface area contributed by atoms with E-state index in [4.69, 9.17) is 18.9 Å². The van der Waals surface area contributed by atoms with E-state index in [1.54, 1.807) is 38.0 Å². The summed E-state index contributed by atoms with van der Waals surface area (Å²) in [7, 11) is 9.22. The summed E-state index contributed by atoms with van der Waals surface area (Å²) in [6.45, 7) is 3.36. The molecule has 3 aromatic carbocycles. The minimum absolute atomic E-state index is 0.226. The molecule has 41 heavy (non-hydrogen) atoms. The van der Waals surface area contributed by atoms with Crippen molar-refractivity contribution >= 4 is 29.3 Å². The SMILES string of the molecule is COc1ccc([C@@H]2Sc3ccccc3N(CC[N+](C)(C)CCc3cc(OC)cc(OC)c3)C(=O)[C@@H]2OC(C)=O)cc1. The lowest BCUT2D eigenvalue weighted by Gasteiger charge is -2.34. The Morgan fingerprint density at radius 2 is 1.51 bits per heavy atom. The van der Waals surface area contributed by atoms with E-state index in [1.165, 1.54) is 6.92 Å². The first kappa shape index (κ1) is 30.3. The summed E-state index contributed by atoms with van der Waals surface area (Å²) >= 11 is 1.54. The smallest absolute Gasteiger partial charge is 0.303 e. The van der Waals surface area contributed by atoms with Crippen LogP contribution in [0.25, 0.3) is 0 Å². The predicted octanol–water partition coefficient (Wildman–Crippen LogP) is 5.14. The van der Waals surface area contributed by atoms with Gasteiger partial charge in [-0.15, -0.1) is 11.8 Å². The largest absolute Gasteiger partial charge is 0.497 e. The molecule has 1 amide bonds. The number of carbonyl (C=O) groups excluding carboxylic acids is 2. The summed E-state index contributed by atoms with van der Waals surface area (Å²) in [5, 5.41) is -0.408. The molecule has 1 aliphatic rings. The number of benzene rings is 3. The number of hydrogen-bond donors (Lipinski definition) is 0. The number of esters is 1. The van der Waals surface area contributed by atoms with Crippen LogP contribution in [-0.2, 0) is 20.7 Å². The molecule has 0 N–H and O–H groups in total. The predicted molar refractivity (Wildman–Crippen MR) is 161 cm³/mol. The van der Waals surface area contributed by atoms with Crippen molar-refractivity contribution in [2.45, 2.75) is 29.6 Å². The van der Waals surface area contributed by atoms with Gasteiger partial charge < -0.3 is 28.3 Å². The van der Waals surface area contributed by atoms with Gasteiger partial charge in [-0.05, 0) is 47.5 Å². The average Bonchev–Trinajstić information content (AvgIpc) is 3.08. The molecule has 0 saturated heterocycles. The number of para-hydroxylation sites is 1. The van der Waals surface area contributed by atoms with Gasteiger partial charge in [0.15, 0.2) is 6.10 Å². The zero-order valence-corrected chi connectivity index (χ0v) is 25.4. The summed E-state index contributed by atoms with van der Waals surface area (Å²) < 4.78 is 22.6. The average molecular weight is 580 g/mol. The number of hydrogen-bond acceptors (Lipinski definition) is 7. The topological polar surface area (TPSA) is 74.3 Å². The van der Waals surface area contributed by atoms with Gasteiger partial charge in [-0.25, -0.2) is 0 Å². The van der Waals surface area contributed by atoms with Crippen molar-refractivity contribution in [3.63, 3.8) is 0 Å². The van der Waals surface area contributed by atoms with E-state index in [-0.39, 0.29) is 5.91 Å². The minimum atomic E-state index is -0.974. The monoisotopic (exact) mass is 579 g/mol. The maximum atomic E-state index is 14.2.